The summed E-state index contributed by atoms with van der Waals surface area (Å²) in [6.45, 7) is 0.299. The molecule has 2 aromatic heterocycles. The van der Waals surface area contributed by atoms with E-state index in [4.69, 9.17) is 10.8 Å². The summed E-state index contributed by atoms with van der Waals surface area (Å²) in [7, 11) is 0. The van der Waals surface area contributed by atoms with Crippen molar-refractivity contribution in [3.8, 4) is 16.6 Å². The second kappa shape index (κ2) is 6.83. The molecule has 2 heterocycles. The Balaban J connectivity index is 2.03. The Morgan fingerprint density at radius 1 is 1.52 bits per heavy atom. The Bertz CT molecular complexity index is 630. The Morgan fingerprint density at radius 2 is 2.33 bits per heavy atom. The normalized spacial score (nSPS) is 11.9. The van der Waals surface area contributed by atoms with Gasteiger partial charge in [-0.25, -0.2) is 9.78 Å². The zero-order valence-corrected chi connectivity index (χ0v) is 11.4. The minimum atomic E-state index is -1.21. The van der Waals surface area contributed by atoms with Gasteiger partial charge in [-0.2, -0.15) is 0 Å². The third-order valence-corrected chi connectivity index (χ3v) is 3.25. The van der Waals surface area contributed by atoms with Gasteiger partial charge in [0, 0.05) is 23.7 Å². The van der Waals surface area contributed by atoms with Crippen LogP contribution in [-0.4, -0.2) is 38.9 Å². The fourth-order valence-corrected chi connectivity index (χ4v) is 2.18. The summed E-state index contributed by atoms with van der Waals surface area (Å²) in [5.41, 5.74) is 5.35. The molecule has 0 bridgehead atoms. The lowest BCUT2D eigenvalue weighted by Gasteiger charge is -2.02. The number of primary amides is 1. The van der Waals surface area contributed by atoms with E-state index < -0.39 is 12.3 Å². The first-order valence-corrected chi connectivity index (χ1v) is 6.53. The van der Waals surface area contributed by atoms with Crippen molar-refractivity contribution in [1.29, 1.82) is 0 Å². The number of hydrogen-bond acceptors (Lipinski definition) is 9. The molecule has 10 heteroatoms. The highest BCUT2D eigenvalue weighted by Gasteiger charge is 2.09. The zero-order valence-electron chi connectivity index (χ0n) is 10.6. The molecule has 0 aliphatic rings. The van der Waals surface area contributed by atoms with Crippen LogP contribution in [-0.2, 0) is 11.3 Å². The van der Waals surface area contributed by atoms with E-state index in [1.165, 1.54) is 17.4 Å². The van der Waals surface area contributed by atoms with Gasteiger partial charge < -0.3 is 15.6 Å². The number of carbonyl (C=O) groups excluding carboxylic acids is 2. The number of aromatic nitrogens is 3. The standard InChI is InChI=1S/C11H11N5O4S/c12-11(19)20-9-2-1-7(15-16-9)10-14-4-6(21-10)3-13-8(18)5-17/h1-2,4-5,8,13,18H,3H2,(H2,12,19). The number of nitrogens with zero attached hydrogens (tertiary/aromatic N) is 3. The van der Waals surface area contributed by atoms with Crippen LogP contribution in [0.15, 0.2) is 18.3 Å². The number of aliphatic hydroxyl groups is 1. The molecule has 0 fully saturated rings. The Hall–Kier alpha value is -2.43. The Kier molecular flexibility index (Phi) is 4.87. The number of aliphatic hydroxyl groups excluding tert-OH is 1. The molecule has 0 aliphatic carbocycles. The van der Waals surface area contributed by atoms with Gasteiger partial charge in [-0.15, -0.1) is 21.5 Å². The number of rotatable bonds is 6. The first kappa shape index (κ1) is 15.0. The second-order valence-corrected chi connectivity index (χ2v) is 4.89. The first-order chi connectivity index (χ1) is 10.1. The number of carbonyl (C=O) groups is 2. The fraction of sp³-hybridized carbons (Fsp3) is 0.182. The maximum absolute atomic E-state index is 10.5. The lowest BCUT2D eigenvalue weighted by Crippen LogP contribution is -2.28. The minimum absolute atomic E-state index is 0.00111. The molecule has 0 radical (unpaired) electrons. The highest BCUT2D eigenvalue weighted by molar-refractivity contribution is 7.14. The third kappa shape index (κ3) is 4.27. The van der Waals surface area contributed by atoms with E-state index in [-0.39, 0.29) is 5.88 Å². The molecule has 1 atom stereocenters. The SMILES string of the molecule is NC(=O)Oc1ccc(-c2ncc(CNC(O)C=O)s2)nn1. The van der Waals surface area contributed by atoms with Gasteiger partial charge in [0.1, 0.15) is 10.7 Å². The number of ether oxygens (including phenoxy) is 1. The molecule has 0 aromatic carbocycles. The molecule has 0 saturated carbocycles. The van der Waals surface area contributed by atoms with E-state index >= 15 is 0 Å². The van der Waals surface area contributed by atoms with Crippen molar-refractivity contribution < 1.29 is 19.4 Å². The highest BCUT2D eigenvalue weighted by atomic mass is 32.1. The van der Waals surface area contributed by atoms with Crippen molar-refractivity contribution in [3.05, 3.63) is 23.2 Å². The van der Waals surface area contributed by atoms with Gasteiger partial charge in [-0.05, 0) is 6.07 Å². The molecule has 21 heavy (non-hydrogen) atoms. The molecule has 110 valence electrons. The van der Waals surface area contributed by atoms with Crippen LogP contribution in [0, 0.1) is 0 Å². The van der Waals surface area contributed by atoms with Crippen molar-refractivity contribution >= 4 is 23.7 Å². The number of aldehydes is 1. The molecular weight excluding hydrogens is 298 g/mol. The van der Waals surface area contributed by atoms with E-state index in [0.29, 0.717) is 23.5 Å². The Morgan fingerprint density at radius 3 is 2.95 bits per heavy atom. The molecule has 4 N–H and O–H groups in total. The van der Waals surface area contributed by atoms with Crippen LogP contribution in [0.3, 0.4) is 0 Å². The van der Waals surface area contributed by atoms with Gasteiger partial charge in [0.15, 0.2) is 12.5 Å². The van der Waals surface area contributed by atoms with Crippen LogP contribution in [0.2, 0.25) is 0 Å². The number of nitrogens with two attached hydrogens (primary N) is 1. The molecule has 0 spiro atoms. The molecule has 1 amide bonds. The topological polar surface area (TPSA) is 140 Å². The van der Waals surface area contributed by atoms with Gasteiger partial charge in [0.2, 0.25) is 5.88 Å². The summed E-state index contributed by atoms with van der Waals surface area (Å²) >= 11 is 1.32. The largest absolute Gasteiger partial charge is 0.411 e. The lowest BCUT2D eigenvalue weighted by molar-refractivity contribution is -0.116. The summed E-state index contributed by atoms with van der Waals surface area (Å²) in [6.07, 6.45) is -0.181. The van der Waals surface area contributed by atoms with E-state index in [1.807, 2.05) is 0 Å². The minimum Gasteiger partial charge on any atom is -0.390 e. The van der Waals surface area contributed by atoms with Crippen molar-refractivity contribution in [3.63, 3.8) is 0 Å². The van der Waals surface area contributed by atoms with Crippen LogP contribution in [0.1, 0.15) is 4.88 Å². The fourth-order valence-electron chi connectivity index (χ4n) is 1.35. The molecule has 1 unspecified atom stereocenters. The van der Waals surface area contributed by atoms with Crippen molar-refractivity contribution in [2.24, 2.45) is 5.73 Å². The average molecular weight is 309 g/mol. The quantitative estimate of drug-likeness (QED) is 0.486. The third-order valence-electron chi connectivity index (χ3n) is 2.23. The van der Waals surface area contributed by atoms with Gasteiger partial charge in [0.25, 0.3) is 0 Å². The second-order valence-electron chi connectivity index (χ2n) is 3.77. The number of amides is 1. The van der Waals surface area contributed by atoms with Crippen LogP contribution < -0.4 is 15.8 Å². The van der Waals surface area contributed by atoms with Gasteiger partial charge in [0.05, 0.1) is 0 Å². The molecule has 0 saturated heterocycles. The molecule has 9 nitrogen and oxygen atoms in total. The van der Waals surface area contributed by atoms with Crippen LogP contribution in [0.5, 0.6) is 5.88 Å². The summed E-state index contributed by atoms with van der Waals surface area (Å²) in [5.74, 6) is -0.00111. The maximum atomic E-state index is 10.5. The number of hydrogen-bond donors (Lipinski definition) is 3. The van der Waals surface area contributed by atoms with E-state index in [2.05, 4.69) is 25.2 Å². The van der Waals surface area contributed by atoms with E-state index in [0.717, 1.165) is 4.88 Å². The molecule has 2 rings (SSSR count). The van der Waals surface area contributed by atoms with Crippen molar-refractivity contribution in [1.82, 2.24) is 20.5 Å². The van der Waals surface area contributed by atoms with Crippen molar-refractivity contribution in [2.45, 2.75) is 12.8 Å². The smallest absolute Gasteiger partial charge is 0.390 e. The number of thiazole rings is 1. The first-order valence-electron chi connectivity index (χ1n) is 5.71. The van der Waals surface area contributed by atoms with E-state index in [1.54, 1.807) is 12.3 Å². The Labute approximate surface area is 122 Å². The monoisotopic (exact) mass is 309 g/mol. The van der Waals surface area contributed by atoms with Crippen LogP contribution >= 0.6 is 11.3 Å². The van der Waals surface area contributed by atoms with Gasteiger partial charge >= 0.3 is 6.09 Å². The van der Waals surface area contributed by atoms with Crippen LogP contribution in [0.4, 0.5) is 4.79 Å². The van der Waals surface area contributed by atoms with Gasteiger partial charge in [-0.3, -0.25) is 10.1 Å². The maximum Gasteiger partial charge on any atom is 0.411 e. The van der Waals surface area contributed by atoms with Gasteiger partial charge in [-0.1, -0.05) is 0 Å². The zero-order chi connectivity index (χ0) is 15.2. The van der Waals surface area contributed by atoms with Crippen LogP contribution in [0.25, 0.3) is 10.7 Å². The summed E-state index contributed by atoms with van der Waals surface area (Å²) in [4.78, 5) is 25.8. The molecule has 2 aromatic rings. The highest BCUT2D eigenvalue weighted by Crippen LogP contribution is 2.23. The van der Waals surface area contributed by atoms with E-state index in [9.17, 15) is 9.59 Å². The average Bonchev–Trinajstić information content (AvgIpc) is 2.94. The molecule has 0 aliphatic heterocycles. The van der Waals surface area contributed by atoms with Crippen molar-refractivity contribution in [2.75, 3.05) is 0 Å². The number of nitrogens with one attached hydrogen (secondary N) is 1. The predicted octanol–water partition coefficient (Wildman–Crippen LogP) is -0.336. The summed E-state index contributed by atoms with van der Waals surface area (Å²) in [5, 5.41) is 19.8. The lowest BCUT2D eigenvalue weighted by atomic mass is 10.4. The molecular formula is C11H11N5O4S. The summed E-state index contributed by atoms with van der Waals surface area (Å²) < 4.78 is 4.56. The summed E-state index contributed by atoms with van der Waals surface area (Å²) in [6, 6.07) is 3.03. The predicted molar refractivity (Wildman–Crippen MR) is 72.3 cm³/mol.